The van der Waals surface area contributed by atoms with Crippen LogP contribution in [0.4, 0.5) is 4.79 Å². The zero-order valence-electron chi connectivity index (χ0n) is 15.1. The number of amides is 1. The van der Waals surface area contributed by atoms with Gasteiger partial charge in [-0.05, 0) is 27.6 Å². The number of carboxylic acids is 1. The molecule has 0 bridgehead atoms. The highest BCUT2D eigenvalue weighted by Crippen LogP contribution is 2.10. The van der Waals surface area contributed by atoms with Crippen LogP contribution in [0.1, 0.15) is 37.2 Å². The zero-order chi connectivity index (χ0) is 17.4. The number of ether oxygens (including phenoxy) is 1. The van der Waals surface area contributed by atoms with E-state index in [0.29, 0.717) is 0 Å². The van der Waals surface area contributed by atoms with Crippen molar-refractivity contribution in [2.75, 3.05) is 6.98 Å². The standard InChI is InChI=1S/C9H17NO4/c1-6(7(11)12)10(5)8(13)14-9(2,3)4/h6H,1-5H3,(H,11,12)/i1D3,5D3,6D. The second-order valence-corrected chi connectivity index (χ2v) is 3.47. The Labute approximate surface area is 93.5 Å². The Morgan fingerprint density at radius 3 is 2.43 bits per heavy atom. The van der Waals surface area contributed by atoms with Crippen molar-refractivity contribution >= 4 is 12.1 Å². The summed E-state index contributed by atoms with van der Waals surface area (Å²) in [7, 11) is 0. The number of nitrogens with zero attached hydrogens (tertiary/aromatic N) is 1. The Morgan fingerprint density at radius 2 is 2.14 bits per heavy atom. The number of rotatable bonds is 2. The molecule has 1 unspecified atom stereocenters. The third kappa shape index (κ3) is 4.11. The third-order valence-corrected chi connectivity index (χ3v) is 1.00. The lowest BCUT2D eigenvalue weighted by molar-refractivity contribution is -0.141. The molecule has 0 rings (SSSR count). The summed E-state index contributed by atoms with van der Waals surface area (Å²) in [4.78, 5) is 22.5. The average Bonchev–Trinajstić information content (AvgIpc) is 2.09. The molecule has 0 aliphatic rings. The molecule has 1 N–H and O–H groups in total. The maximum Gasteiger partial charge on any atom is 0.410 e. The first kappa shape index (κ1) is 5.00. The number of carbonyl (C=O) groups is 2. The van der Waals surface area contributed by atoms with Gasteiger partial charge in [-0.2, -0.15) is 0 Å². The molecule has 0 heterocycles. The summed E-state index contributed by atoms with van der Waals surface area (Å²) in [6.07, 6.45) is -1.73. The van der Waals surface area contributed by atoms with Crippen LogP contribution in [0.3, 0.4) is 0 Å². The van der Waals surface area contributed by atoms with E-state index in [9.17, 15) is 9.59 Å². The molecule has 0 saturated carbocycles. The highest BCUT2D eigenvalue weighted by molar-refractivity contribution is 5.79. The quantitative estimate of drug-likeness (QED) is 0.746. The highest BCUT2D eigenvalue weighted by atomic mass is 16.6. The second-order valence-electron chi connectivity index (χ2n) is 3.47. The van der Waals surface area contributed by atoms with Crippen LogP contribution in [-0.4, -0.2) is 40.7 Å². The van der Waals surface area contributed by atoms with E-state index in [0.717, 1.165) is 0 Å². The van der Waals surface area contributed by atoms with E-state index >= 15 is 0 Å². The summed E-state index contributed by atoms with van der Waals surface area (Å²) in [5.74, 6) is -2.30. The van der Waals surface area contributed by atoms with Crippen molar-refractivity contribution < 1.29 is 29.0 Å². The molecule has 5 nitrogen and oxygen atoms in total. The van der Waals surface area contributed by atoms with E-state index in [-0.39, 0.29) is 0 Å². The molecule has 1 amide bonds. The van der Waals surface area contributed by atoms with E-state index in [1.165, 1.54) is 20.8 Å². The van der Waals surface area contributed by atoms with Crippen LogP contribution in [0.2, 0.25) is 0 Å². The van der Waals surface area contributed by atoms with Gasteiger partial charge in [0.2, 0.25) is 0 Å². The monoisotopic (exact) mass is 210 g/mol. The van der Waals surface area contributed by atoms with Crippen molar-refractivity contribution in [2.24, 2.45) is 0 Å². The Bertz CT molecular complexity index is 425. The van der Waals surface area contributed by atoms with Gasteiger partial charge in [0.05, 0.1) is 1.37 Å². The largest absolute Gasteiger partial charge is 0.480 e. The lowest BCUT2D eigenvalue weighted by Gasteiger charge is -2.26. The minimum Gasteiger partial charge on any atom is -0.480 e. The smallest absolute Gasteiger partial charge is 0.410 e. The summed E-state index contributed by atoms with van der Waals surface area (Å²) in [5.41, 5.74) is -1.20. The molecule has 0 aromatic carbocycles. The topological polar surface area (TPSA) is 66.8 Å². The predicted molar refractivity (Wildman–Crippen MR) is 51.1 cm³/mol. The Kier molecular flexibility index (Phi) is 1.54. The summed E-state index contributed by atoms with van der Waals surface area (Å²) in [6.45, 7) is -2.96. The van der Waals surface area contributed by atoms with Gasteiger partial charge in [-0.15, -0.1) is 0 Å². The molecule has 0 aliphatic carbocycles. The first-order chi connectivity index (χ1) is 8.94. The van der Waals surface area contributed by atoms with E-state index in [1.807, 2.05) is 0 Å². The highest BCUT2D eigenvalue weighted by Gasteiger charge is 2.26. The Hall–Kier alpha value is -1.26. The number of hydrogen-bond donors (Lipinski definition) is 1. The zero-order valence-corrected chi connectivity index (χ0v) is 8.12. The van der Waals surface area contributed by atoms with Crippen molar-refractivity contribution in [2.45, 2.75) is 39.2 Å². The van der Waals surface area contributed by atoms with Crippen LogP contribution in [0.25, 0.3) is 0 Å². The molecule has 0 aromatic rings. The molecule has 0 radical (unpaired) electrons. The molecule has 14 heavy (non-hydrogen) atoms. The summed E-state index contributed by atoms with van der Waals surface area (Å²) in [5, 5.41) is 9.00. The minimum atomic E-state index is -3.71. The number of carboxylic acid groups (broad SMARTS) is 1. The molecule has 0 aliphatic heterocycles. The number of carbonyl (C=O) groups excluding carboxylic acids is 1. The molecule has 0 saturated heterocycles. The van der Waals surface area contributed by atoms with Gasteiger partial charge < -0.3 is 9.84 Å². The second kappa shape index (κ2) is 4.30. The lowest BCUT2D eigenvalue weighted by Crippen LogP contribution is -2.43. The Morgan fingerprint density at radius 1 is 1.57 bits per heavy atom. The molecule has 82 valence electrons. The van der Waals surface area contributed by atoms with Gasteiger partial charge in [0.15, 0.2) is 0 Å². The number of aliphatic carboxylic acids is 1. The number of likely N-dealkylation sites (N-methyl/N-ethyl adjacent to an activating group) is 1. The number of hydrogen-bond acceptors (Lipinski definition) is 3. The fourth-order valence-corrected chi connectivity index (χ4v) is 0.495. The maximum absolute atomic E-state index is 11.9. The molecule has 0 aromatic heterocycles. The molecular formula is C9H17NO4. The van der Waals surface area contributed by atoms with Gasteiger partial charge in [0, 0.05) is 15.2 Å². The third-order valence-electron chi connectivity index (χ3n) is 1.00. The minimum absolute atomic E-state index is 0.555. The van der Waals surface area contributed by atoms with Crippen LogP contribution in [0.5, 0.6) is 0 Å². The van der Waals surface area contributed by atoms with E-state index in [4.69, 9.17) is 19.4 Å². The maximum atomic E-state index is 11.9. The fourth-order valence-electron chi connectivity index (χ4n) is 0.495. The molecule has 0 fully saturated rings. The summed E-state index contributed by atoms with van der Waals surface area (Å²) in [6, 6.07) is -3.71. The van der Waals surface area contributed by atoms with E-state index in [1.54, 1.807) is 0 Å². The van der Waals surface area contributed by atoms with Gasteiger partial charge in [-0.3, -0.25) is 4.90 Å². The molecule has 1 atom stereocenters. The molecule has 0 spiro atoms. The van der Waals surface area contributed by atoms with Crippen molar-refractivity contribution in [1.82, 2.24) is 4.90 Å². The predicted octanol–water partition coefficient (Wildman–Crippen LogP) is 1.33. The van der Waals surface area contributed by atoms with Gasteiger partial charge in [0.25, 0.3) is 0 Å². The van der Waals surface area contributed by atoms with Crippen LogP contribution < -0.4 is 0 Å². The normalized spacial score (nSPS) is 24.6. The van der Waals surface area contributed by atoms with Gasteiger partial charge in [0.1, 0.15) is 11.6 Å². The van der Waals surface area contributed by atoms with Crippen molar-refractivity contribution in [1.29, 1.82) is 0 Å². The molecule has 5 heteroatoms. The Balaban J connectivity index is 6.05. The fraction of sp³-hybridized carbons (Fsp3) is 0.778. The lowest BCUT2D eigenvalue weighted by atomic mass is 10.2. The summed E-state index contributed by atoms with van der Waals surface area (Å²) < 4.78 is 55.2. The van der Waals surface area contributed by atoms with Crippen molar-refractivity contribution in [3.05, 3.63) is 0 Å². The first-order valence-corrected chi connectivity index (χ1v) is 3.71. The van der Waals surface area contributed by atoms with Gasteiger partial charge in [-0.25, -0.2) is 9.59 Å². The van der Waals surface area contributed by atoms with Crippen LogP contribution in [0.15, 0.2) is 0 Å². The van der Waals surface area contributed by atoms with Gasteiger partial charge in [-0.1, -0.05) is 0 Å². The van der Waals surface area contributed by atoms with Crippen molar-refractivity contribution in [3.8, 4) is 0 Å². The van der Waals surface area contributed by atoms with E-state index in [2.05, 4.69) is 0 Å². The average molecular weight is 210 g/mol. The van der Waals surface area contributed by atoms with E-state index < -0.39 is 42.4 Å². The van der Waals surface area contributed by atoms with Crippen LogP contribution in [0, 0.1) is 0 Å². The first-order valence-electron chi connectivity index (χ1n) is 7.21. The van der Waals surface area contributed by atoms with Crippen LogP contribution in [-0.2, 0) is 9.53 Å². The van der Waals surface area contributed by atoms with Crippen LogP contribution >= 0.6 is 0 Å². The summed E-state index contributed by atoms with van der Waals surface area (Å²) >= 11 is 0. The van der Waals surface area contributed by atoms with Gasteiger partial charge >= 0.3 is 12.1 Å². The SMILES string of the molecule is [2H]C([2H])([2H])N(C(=O)OC(C)(C)C)C([2H])(C(=O)O)C([2H])([2H])[2H]. The molecular weight excluding hydrogens is 186 g/mol. The van der Waals surface area contributed by atoms with Crippen molar-refractivity contribution in [3.63, 3.8) is 0 Å².